The fraction of sp³-hybridized carbons (Fsp3) is 0.261. The summed E-state index contributed by atoms with van der Waals surface area (Å²) in [6.45, 7) is 1.97. The van der Waals surface area contributed by atoms with Crippen LogP contribution in [0.4, 0.5) is 5.69 Å². The number of nitrogens with one attached hydrogen (secondary N) is 1. The van der Waals surface area contributed by atoms with E-state index in [-0.39, 0.29) is 5.91 Å². The summed E-state index contributed by atoms with van der Waals surface area (Å²) in [4.78, 5) is 17.6. The average Bonchev–Trinajstić information content (AvgIpc) is 3.28. The number of carbonyl (C=O) groups excluding carboxylic acids is 1. The molecule has 1 N–H and O–H groups in total. The van der Waals surface area contributed by atoms with Gasteiger partial charge >= 0.3 is 0 Å². The second-order valence-electron chi connectivity index (χ2n) is 7.60. The van der Waals surface area contributed by atoms with E-state index in [9.17, 15) is 4.79 Å². The number of nitrogens with zero attached hydrogens (tertiary/aromatic N) is 2. The number of benzene rings is 2. The van der Waals surface area contributed by atoms with Crippen LogP contribution in [0.2, 0.25) is 0 Å². The smallest absolute Gasteiger partial charge is 0.236 e. The second-order valence-corrected chi connectivity index (χ2v) is 8.83. The van der Waals surface area contributed by atoms with Gasteiger partial charge in [0.15, 0.2) is 17.3 Å². The van der Waals surface area contributed by atoms with Crippen LogP contribution in [-0.4, -0.2) is 30.3 Å². The Labute approximate surface area is 183 Å². The minimum Gasteiger partial charge on any atom is -0.493 e. The fourth-order valence-electron chi connectivity index (χ4n) is 3.72. The lowest BCUT2D eigenvalue weighted by molar-refractivity contribution is -0.118. The highest BCUT2D eigenvalue weighted by Gasteiger charge is 2.53. The van der Waals surface area contributed by atoms with Crippen molar-refractivity contribution >= 4 is 33.1 Å². The Hall–Kier alpha value is -3.39. The number of anilines is 1. The Kier molecular flexibility index (Phi) is 4.66. The van der Waals surface area contributed by atoms with Gasteiger partial charge in [0.05, 0.1) is 40.6 Å². The van der Waals surface area contributed by atoms with Crippen LogP contribution >= 0.6 is 11.3 Å². The standard InChI is InChI=1S/C23H21N3O4S/c1-13-24-16-11-15(5-7-20(16)31-13)25-22(27)23(8-9-23)21-12-18(30-26-21)14-4-6-17(28-2)19(10-14)29-3/h4-7,10-12H,8-9H2,1-3H3,(H,25,27). The van der Waals surface area contributed by atoms with Crippen LogP contribution in [-0.2, 0) is 10.2 Å². The third kappa shape index (κ3) is 3.42. The molecule has 0 bridgehead atoms. The molecule has 0 aliphatic heterocycles. The third-order valence-corrected chi connectivity index (χ3v) is 6.56. The largest absolute Gasteiger partial charge is 0.493 e. The molecule has 0 saturated heterocycles. The van der Waals surface area contributed by atoms with E-state index < -0.39 is 5.41 Å². The Morgan fingerprint density at radius 1 is 1.10 bits per heavy atom. The van der Waals surface area contributed by atoms with Gasteiger partial charge in [0, 0.05) is 17.3 Å². The summed E-state index contributed by atoms with van der Waals surface area (Å²) < 4.78 is 17.3. The van der Waals surface area contributed by atoms with Crippen LogP contribution in [0.15, 0.2) is 47.0 Å². The van der Waals surface area contributed by atoms with E-state index in [0.717, 1.165) is 39.3 Å². The van der Waals surface area contributed by atoms with Crippen LogP contribution in [0.5, 0.6) is 11.5 Å². The minimum absolute atomic E-state index is 0.0778. The zero-order valence-corrected chi connectivity index (χ0v) is 18.2. The van der Waals surface area contributed by atoms with Crippen molar-refractivity contribution in [3.63, 3.8) is 0 Å². The molecule has 0 atom stereocenters. The molecule has 1 aliphatic carbocycles. The highest BCUT2D eigenvalue weighted by atomic mass is 32.1. The lowest BCUT2D eigenvalue weighted by atomic mass is 10.00. The summed E-state index contributed by atoms with van der Waals surface area (Å²) in [7, 11) is 3.17. The minimum atomic E-state index is -0.661. The summed E-state index contributed by atoms with van der Waals surface area (Å²) in [5, 5.41) is 8.26. The first-order valence-electron chi connectivity index (χ1n) is 9.91. The zero-order valence-electron chi connectivity index (χ0n) is 17.4. The number of rotatable bonds is 6. The Balaban J connectivity index is 1.38. The van der Waals surface area contributed by atoms with Gasteiger partial charge in [-0.2, -0.15) is 0 Å². The van der Waals surface area contributed by atoms with Gasteiger partial charge in [-0.3, -0.25) is 4.79 Å². The Morgan fingerprint density at radius 3 is 2.65 bits per heavy atom. The van der Waals surface area contributed by atoms with Gasteiger partial charge < -0.3 is 19.3 Å². The van der Waals surface area contributed by atoms with Crippen molar-refractivity contribution in [3.05, 3.63) is 53.2 Å². The molecule has 1 amide bonds. The normalized spacial score (nSPS) is 14.4. The van der Waals surface area contributed by atoms with Crippen molar-refractivity contribution in [2.24, 2.45) is 0 Å². The van der Waals surface area contributed by atoms with Gasteiger partial charge in [-0.05, 0) is 56.2 Å². The molecule has 158 valence electrons. The van der Waals surface area contributed by atoms with Crippen LogP contribution < -0.4 is 14.8 Å². The fourth-order valence-corrected chi connectivity index (χ4v) is 4.53. The van der Waals surface area contributed by atoms with E-state index >= 15 is 0 Å². The highest BCUT2D eigenvalue weighted by molar-refractivity contribution is 7.18. The van der Waals surface area contributed by atoms with Gasteiger partial charge in [0.1, 0.15) is 0 Å². The maximum atomic E-state index is 13.1. The van der Waals surface area contributed by atoms with E-state index in [4.69, 9.17) is 14.0 Å². The maximum absolute atomic E-state index is 13.1. The van der Waals surface area contributed by atoms with Crippen LogP contribution in [0, 0.1) is 6.92 Å². The first-order chi connectivity index (χ1) is 15.0. The molecule has 1 aliphatic rings. The SMILES string of the molecule is COc1ccc(-c2cc(C3(C(=O)Nc4ccc5sc(C)nc5c4)CC3)no2)cc1OC. The molecule has 4 aromatic rings. The molecule has 5 rings (SSSR count). The van der Waals surface area contributed by atoms with E-state index in [2.05, 4.69) is 15.5 Å². The number of ether oxygens (including phenoxy) is 2. The molecule has 1 saturated carbocycles. The summed E-state index contributed by atoms with van der Waals surface area (Å²) >= 11 is 1.64. The molecule has 7 nitrogen and oxygen atoms in total. The molecule has 0 radical (unpaired) electrons. The van der Waals surface area contributed by atoms with Crippen molar-refractivity contribution in [1.82, 2.24) is 10.1 Å². The highest BCUT2D eigenvalue weighted by Crippen LogP contribution is 2.49. The van der Waals surface area contributed by atoms with E-state index in [1.54, 1.807) is 25.6 Å². The van der Waals surface area contributed by atoms with Gasteiger partial charge in [-0.1, -0.05) is 5.16 Å². The maximum Gasteiger partial charge on any atom is 0.236 e. The van der Waals surface area contributed by atoms with Gasteiger partial charge in [-0.25, -0.2) is 4.98 Å². The number of fused-ring (bicyclic) bond motifs is 1. The van der Waals surface area contributed by atoms with E-state index in [1.165, 1.54) is 0 Å². The number of carbonyl (C=O) groups is 1. The van der Waals surface area contributed by atoms with E-state index in [0.29, 0.717) is 23.0 Å². The van der Waals surface area contributed by atoms with Crippen molar-refractivity contribution in [3.8, 4) is 22.8 Å². The zero-order chi connectivity index (χ0) is 21.6. The van der Waals surface area contributed by atoms with Crippen LogP contribution in [0.25, 0.3) is 21.5 Å². The van der Waals surface area contributed by atoms with Crippen LogP contribution in [0.3, 0.4) is 0 Å². The first kappa shape index (κ1) is 19.6. The Morgan fingerprint density at radius 2 is 1.90 bits per heavy atom. The van der Waals surface area contributed by atoms with Crippen molar-refractivity contribution < 1.29 is 18.8 Å². The summed E-state index contributed by atoms with van der Waals surface area (Å²) in [5.74, 6) is 1.74. The number of hydrogen-bond donors (Lipinski definition) is 1. The predicted octanol–water partition coefficient (Wildman–Crippen LogP) is 4.95. The lowest BCUT2D eigenvalue weighted by Crippen LogP contribution is -2.28. The molecule has 0 unspecified atom stereocenters. The molecular formula is C23H21N3O4S. The average molecular weight is 436 g/mol. The van der Waals surface area contributed by atoms with Gasteiger partial charge in [-0.15, -0.1) is 11.3 Å². The molecule has 8 heteroatoms. The monoisotopic (exact) mass is 435 g/mol. The summed E-state index contributed by atoms with van der Waals surface area (Å²) in [5.41, 5.74) is 2.41. The van der Waals surface area contributed by atoms with Gasteiger partial charge in [0.2, 0.25) is 5.91 Å². The number of hydrogen-bond acceptors (Lipinski definition) is 7. The van der Waals surface area contributed by atoms with Crippen LogP contribution in [0.1, 0.15) is 23.5 Å². The third-order valence-electron chi connectivity index (χ3n) is 5.61. The predicted molar refractivity (Wildman–Crippen MR) is 119 cm³/mol. The van der Waals surface area contributed by atoms with Crippen molar-refractivity contribution in [2.45, 2.75) is 25.2 Å². The number of aryl methyl sites for hydroxylation is 1. The van der Waals surface area contributed by atoms with Gasteiger partial charge in [0.25, 0.3) is 0 Å². The molecule has 1 fully saturated rings. The topological polar surface area (TPSA) is 86.5 Å². The molecule has 2 heterocycles. The summed E-state index contributed by atoms with van der Waals surface area (Å²) in [6.07, 6.45) is 1.46. The van der Waals surface area contributed by atoms with Crippen molar-refractivity contribution in [2.75, 3.05) is 19.5 Å². The lowest BCUT2D eigenvalue weighted by Gasteiger charge is -2.12. The second kappa shape index (κ2) is 7.39. The molecule has 0 spiro atoms. The number of aromatic nitrogens is 2. The molecule has 2 aromatic carbocycles. The number of thiazole rings is 1. The van der Waals surface area contributed by atoms with Crippen molar-refractivity contribution in [1.29, 1.82) is 0 Å². The first-order valence-corrected chi connectivity index (χ1v) is 10.7. The number of amides is 1. The quantitative estimate of drug-likeness (QED) is 0.461. The molecule has 2 aromatic heterocycles. The molecule has 31 heavy (non-hydrogen) atoms. The Bertz CT molecular complexity index is 1290. The number of methoxy groups -OCH3 is 2. The molecular weight excluding hydrogens is 414 g/mol. The summed E-state index contributed by atoms with van der Waals surface area (Å²) in [6, 6.07) is 13.1. The van der Waals surface area contributed by atoms with E-state index in [1.807, 2.05) is 49.4 Å².